The molecule has 3 aromatic carbocycles. The fourth-order valence-electron chi connectivity index (χ4n) is 3.44. The third-order valence-electron chi connectivity index (χ3n) is 4.96. The van der Waals surface area contributed by atoms with E-state index in [0.717, 1.165) is 26.7 Å². The first-order valence-corrected chi connectivity index (χ1v) is 10.5. The molecule has 29 heavy (non-hydrogen) atoms. The molecule has 1 aliphatic heterocycles. The van der Waals surface area contributed by atoms with Crippen LogP contribution in [0, 0.1) is 5.92 Å². The molecule has 0 saturated heterocycles. The topological polar surface area (TPSA) is 58.2 Å². The fourth-order valence-corrected chi connectivity index (χ4v) is 4.36. The predicted octanol–water partition coefficient (Wildman–Crippen LogP) is 5.37. The molecule has 0 aliphatic carbocycles. The van der Waals surface area contributed by atoms with Crippen molar-refractivity contribution in [3.05, 3.63) is 84.4 Å². The molecule has 0 radical (unpaired) electrons. The number of carbonyl (C=O) groups is 2. The molecule has 1 aliphatic rings. The van der Waals surface area contributed by atoms with E-state index in [9.17, 15) is 9.59 Å². The summed E-state index contributed by atoms with van der Waals surface area (Å²) in [5, 5.41) is 5.96. The van der Waals surface area contributed by atoms with Gasteiger partial charge < -0.3 is 10.6 Å². The van der Waals surface area contributed by atoms with Gasteiger partial charge in [-0.15, -0.1) is 0 Å². The maximum absolute atomic E-state index is 12.6. The molecular formula is C24H22N2O2S. The van der Waals surface area contributed by atoms with Crippen LogP contribution in [-0.4, -0.2) is 11.8 Å². The standard InChI is InChI=1S/C24H22N2O2S/c27-23(15-14-18-16-17-8-4-5-11-20(17)26-24(18)28)25-21-12-6-7-13-22(21)29-19-9-2-1-3-10-19/h1-13,18H,14-16H2,(H,25,27)(H,26,28). The molecule has 0 saturated carbocycles. The second kappa shape index (κ2) is 8.97. The van der Waals surface area contributed by atoms with Crippen LogP contribution in [0.3, 0.4) is 0 Å². The second-order valence-electron chi connectivity index (χ2n) is 7.05. The first kappa shape index (κ1) is 19.3. The zero-order valence-corrected chi connectivity index (χ0v) is 16.7. The van der Waals surface area contributed by atoms with Crippen molar-refractivity contribution in [1.82, 2.24) is 0 Å². The lowest BCUT2D eigenvalue weighted by molar-refractivity contribution is -0.121. The summed E-state index contributed by atoms with van der Waals surface area (Å²) >= 11 is 1.62. The number of rotatable bonds is 6. The number of anilines is 2. The van der Waals surface area contributed by atoms with Crippen molar-refractivity contribution in [3.8, 4) is 0 Å². The summed E-state index contributed by atoms with van der Waals surface area (Å²) in [6, 6.07) is 25.7. The molecule has 2 amide bonds. The molecule has 4 rings (SSSR count). The van der Waals surface area contributed by atoms with Gasteiger partial charge in [0, 0.05) is 27.8 Å². The number of hydrogen-bond acceptors (Lipinski definition) is 3. The fraction of sp³-hybridized carbons (Fsp3) is 0.167. The summed E-state index contributed by atoms with van der Waals surface area (Å²) < 4.78 is 0. The van der Waals surface area contributed by atoms with E-state index in [1.165, 1.54) is 0 Å². The predicted molar refractivity (Wildman–Crippen MR) is 117 cm³/mol. The molecule has 3 aromatic rings. The first-order chi connectivity index (χ1) is 14.2. The van der Waals surface area contributed by atoms with E-state index in [2.05, 4.69) is 10.6 Å². The molecule has 0 aromatic heterocycles. The van der Waals surface area contributed by atoms with Gasteiger partial charge in [0.15, 0.2) is 0 Å². The zero-order valence-electron chi connectivity index (χ0n) is 15.9. The van der Waals surface area contributed by atoms with Crippen LogP contribution in [-0.2, 0) is 16.0 Å². The maximum atomic E-state index is 12.6. The highest BCUT2D eigenvalue weighted by molar-refractivity contribution is 7.99. The first-order valence-electron chi connectivity index (χ1n) is 9.69. The van der Waals surface area contributed by atoms with Gasteiger partial charge in [0.05, 0.1) is 5.69 Å². The van der Waals surface area contributed by atoms with Crippen molar-refractivity contribution in [1.29, 1.82) is 0 Å². The van der Waals surface area contributed by atoms with Crippen LogP contribution in [0.25, 0.3) is 0 Å². The maximum Gasteiger partial charge on any atom is 0.227 e. The molecule has 0 bridgehead atoms. The minimum absolute atomic E-state index is 0.00321. The highest BCUT2D eigenvalue weighted by Gasteiger charge is 2.26. The number of nitrogens with one attached hydrogen (secondary N) is 2. The number of fused-ring (bicyclic) bond motifs is 1. The molecule has 1 atom stereocenters. The lowest BCUT2D eigenvalue weighted by Gasteiger charge is -2.24. The highest BCUT2D eigenvalue weighted by Crippen LogP contribution is 2.33. The molecule has 146 valence electrons. The summed E-state index contributed by atoms with van der Waals surface area (Å²) in [5.41, 5.74) is 2.80. The summed E-state index contributed by atoms with van der Waals surface area (Å²) in [6.45, 7) is 0. The molecule has 0 fully saturated rings. The summed E-state index contributed by atoms with van der Waals surface area (Å²) in [4.78, 5) is 27.0. The van der Waals surface area contributed by atoms with E-state index >= 15 is 0 Å². The van der Waals surface area contributed by atoms with E-state index in [0.29, 0.717) is 19.3 Å². The van der Waals surface area contributed by atoms with Gasteiger partial charge >= 0.3 is 0 Å². The van der Waals surface area contributed by atoms with Gasteiger partial charge in [-0.2, -0.15) is 0 Å². The van der Waals surface area contributed by atoms with E-state index in [-0.39, 0.29) is 17.7 Å². The van der Waals surface area contributed by atoms with Crippen LogP contribution in [0.4, 0.5) is 11.4 Å². The van der Waals surface area contributed by atoms with Gasteiger partial charge in [-0.3, -0.25) is 9.59 Å². The quantitative estimate of drug-likeness (QED) is 0.583. The van der Waals surface area contributed by atoms with Gasteiger partial charge in [-0.1, -0.05) is 60.3 Å². The molecule has 5 heteroatoms. The summed E-state index contributed by atoms with van der Waals surface area (Å²) in [5.74, 6) is -0.251. The van der Waals surface area contributed by atoms with Crippen LogP contribution in [0.2, 0.25) is 0 Å². The number of para-hydroxylation sites is 2. The number of benzene rings is 3. The Morgan fingerprint density at radius 3 is 2.55 bits per heavy atom. The van der Waals surface area contributed by atoms with Crippen LogP contribution >= 0.6 is 11.8 Å². The Kier molecular flexibility index (Phi) is 5.96. The number of amides is 2. The van der Waals surface area contributed by atoms with E-state index in [1.807, 2.05) is 78.9 Å². The molecular weight excluding hydrogens is 380 g/mol. The minimum atomic E-state index is -0.176. The Morgan fingerprint density at radius 1 is 0.966 bits per heavy atom. The van der Waals surface area contributed by atoms with Crippen LogP contribution in [0.15, 0.2) is 88.7 Å². The highest BCUT2D eigenvalue weighted by atomic mass is 32.2. The Hall–Kier alpha value is -3.05. The SMILES string of the molecule is O=C(CCC1Cc2ccccc2NC1=O)Nc1ccccc1Sc1ccccc1. The zero-order chi connectivity index (χ0) is 20.1. The van der Waals surface area contributed by atoms with E-state index in [4.69, 9.17) is 0 Å². The number of carbonyl (C=O) groups excluding carboxylic acids is 2. The largest absolute Gasteiger partial charge is 0.326 e. The van der Waals surface area contributed by atoms with Crippen LogP contribution < -0.4 is 10.6 Å². The number of hydrogen-bond donors (Lipinski definition) is 2. The summed E-state index contributed by atoms with van der Waals surface area (Å²) in [6.07, 6.45) is 1.51. The van der Waals surface area contributed by atoms with Crippen molar-refractivity contribution >= 4 is 35.0 Å². The molecule has 2 N–H and O–H groups in total. The monoisotopic (exact) mass is 402 g/mol. The Bertz CT molecular complexity index is 1020. The van der Waals surface area contributed by atoms with Gasteiger partial charge in [-0.25, -0.2) is 0 Å². The summed E-state index contributed by atoms with van der Waals surface area (Å²) in [7, 11) is 0. The Balaban J connectivity index is 1.36. The van der Waals surface area contributed by atoms with Crippen molar-refractivity contribution in [2.45, 2.75) is 29.1 Å². The van der Waals surface area contributed by atoms with Crippen LogP contribution in [0.5, 0.6) is 0 Å². The van der Waals surface area contributed by atoms with E-state index < -0.39 is 0 Å². The van der Waals surface area contributed by atoms with Gasteiger partial charge in [0.25, 0.3) is 0 Å². The lowest BCUT2D eigenvalue weighted by Crippen LogP contribution is -2.30. The van der Waals surface area contributed by atoms with Gasteiger partial charge in [-0.05, 0) is 48.7 Å². The van der Waals surface area contributed by atoms with Crippen LogP contribution in [0.1, 0.15) is 18.4 Å². The smallest absolute Gasteiger partial charge is 0.227 e. The Morgan fingerprint density at radius 2 is 1.69 bits per heavy atom. The lowest BCUT2D eigenvalue weighted by atomic mass is 9.89. The van der Waals surface area contributed by atoms with Crippen molar-refractivity contribution in [3.63, 3.8) is 0 Å². The molecule has 0 spiro atoms. The van der Waals surface area contributed by atoms with Crippen molar-refractivity contribution in [2.75, 3.05) is 10.6 Å². The second-order valence-corrected chi connectivity index (χ2v) is 8.16. The van der Waals surface area contributed by atoms with E-state index in [1.54, 1.807) is 11.8 Å². The van der Waals surface area contributed by atoms with Crippen molar-refractivity contribution in [2.24, 2.45) is 5.92 Å². The van der Waals surface area contributed by atoms with Crippen molar-refractivity contribution < 1.29 is 9.59 Å². The Labute approximate surface area is 174 Å². The average Bonchev–Trinajstić information content (AvgIpc) is 2.74. The molecule has 4 nitrogen and oxygen atoms in total. The van der Waals surface area contributed by atoms with Gasteiger partial charge in [0.1, 0.15) is 0 Å². The molecule has 1 heterocycles. The van der Waals surface area contributed by atoms with Gasteiger partial charge in [0.2, 0.25) is 11.8 Å². The average molecular weight is 403 g/mol. The third-order valence-corrected chi connectivity index (χ3v) is 6.05. The molecule has 1 unspecified atom stereocenters. The minimum Gasteiger partial charge on any atom is -0.326 e. The third kappa shape index (κ3) is 4.87. The normalized spacial score (nSPS) is 15.3.